The highest BCUT2D eigenvalue weighted by molar-refractivity contribution is 6.05. The van der Waals surface area contributed by atoms with Crippen molar-refractivity contribution < 1.29 is 14.3 Å². The smallest absolute Gasteiger partial charge is 0.255 e. The Kier molecular flexibility index (Phi) is 4.89. The fourth-order valence-corrected chi connectivity index (χ4v) is 2.94. The Hall–Kier alpha value is -2.69. The number of hydrogen-bond acceptors (Lipinski definition) is 4. The summed E-state index contributed by atoms with van der Waals surface area (Å²) in [6.45, 7) is 2.11. The van der Waals surface area contributed by atoms with Crippen LogP contribution in [0.3, 0.4) is 0 Å². The van der Waals surface area contributed by atoms with Gasteiger partial charge in [-0.05, 0) is 43.2 Å². The Labute approximate surface area is 142 Å². The number of benzene rings is 2. The molecule has 0 atom stereocenters. The second-order valence-corrected chi connectivity index (χ2v) is 5.77. The highest BCUT2D eigenvalue weighted by Crippen LogP contribution is 2.30. The molecule has 0 spiro atoms. The predicted octanol–water partition coefficient (Wildman–Crippen LogP) is 3.56. The maximum Gasteiger partial charge on any atom is 0.255 e. The molecule has 0 bridgehead atoms. The van der Waals surface area contributed by atoms with Crippen LogP contribution in [0.15, 0.2) is 42.5 Å². The average molecular weight is 326 g/mol. The SMILES string of the molecule is COc1ccc(NC(=O)c2cccc(N3CCCC3)c2)cc1OC. The molecule has 24 heavy (non-hydrogen) atoms. The van der Waals surface area contributed by atoms with Gasteiger partial charge in [0.25, 0.3) is 5.91 Å². The molecule has 2 aromatic carbocycles. The molecule has 126 valence electrons. The minimum Gasteiger partial charge on any atom is -0.493 e. The van der Waals surface area contributed by atoms with Crippen molar-refractivity contribution >= 4 is 17.3 Å². The summed E-state index contributed by atoms with van der Waals surface area (Å²) in [6.07, 6.45) is 2.42. The van der Waals surface area contributed by atoms with E-state index in [2.05, 4.69) is 16.3 Å². The molecule has 5 nitrogen and oxygen atoms in total. The van der Waals surface area contributed by atoms with Gasteiger partial charge in [-0.1, -0.05) is 6.07 Å². The normalized spacial score (nSPS) is 13.7. The van der Waals surface area contributed by atoms with Crippen molar-refractivity contribution in [1.82, 2.24) is 0 Å². The van der Waals surface area contributed by atoms with Gasteiger partial charge in [0.2, 0.25) is 0 Å². The van der Waals surface area contributed by atoms with Gasteiger partial charge >= 0.3 is 0 Å². The molecule has 0 aliphatic carbocycles. The maximum absolute atomic E-state index is 12.5. The summed E-state index contributed by atoms with van der Waals surface area (Å²) in [7, 11) is 3.16. The molecule has 2 aromatic rings. The first-order valence-corrected chi connectivity index (χ1v) is 8.09. The second kappa shape index (κ2) is 7.25. The Balaban J connectivity index is 1.76. The van der Waals surface area contributed by atoms with E-state index in [9.17, 15) is 4.79 Å². The number of nitrogens with one attached hydrogen (secondary N) is 1. The average Bonchev–Trinajstić information content (AvgIpc) is 3.16. The lowest BCUT2D eigenvalue weighted by atomic mass is 10.1. The third-order valence-electron chi connectivity index (χ3n) is 4.22. The molecular formula is C19H22N2O3. The van der Waals surface area contributed by atoms with Crippen LogP contribution in [-0.2, 0) is 0 Å². The fraction of sp³-hybridized carbons (Fsp3) is 0.316. The number of methoxy groups -OCH3 is 2. The van der Waals surface area contributed by atoms with Crippen LogP contribution in [-0.4, -0.2) is 33.2 Å². The highest BCUT2D eigenvalue weighted by Gasteiger charge is 2.14. The van der Waals surface area contributed by atoms with Crippen LogP contribution in [0.2, 0.25) is 0 Å². The quantitative estimate of drug-likeness (QED) is 0.913. The molecule has 0 radical (unpaired) electrons. The van der Waals surface area contributed by atoms with Crippen LogP contribution in [0.4, 0.5) is 11.4 Å². The molecule has 1 heterocycles. The van der Waals surface area contributed by atoms with Gasteiger partial charge in [-0.15, -0.1) is 0 Å². The summed E-state index contributed by atoms with van der Waals surface area (Å²) in [5.41, 5.74) is 2.42. The Morgan fingerprint density at radius 3 is 2.46 bits per heavy atom. The minimum absolute atomic E-state index is 0.136. The first kappa shape index (κ1) is 16.2. The minimum atomic E-state index is -0.136. The van der Waals surface area contributed by atoms with Gasteiger partial charge < -0.3 is 19.7 Å². The Morgan fingerprint density at radius 2 is 1.75 bits per heavy atom. The molecular weight excluding hydrogens is 304 g/mol. The highest BCUT2D eigenvalue weighted by atomic mass is 16.5. The summed E-state index contributed by atoms with van der Waals surface area (Å²) >= 11 is 0. The van der Waals surface area contributed by atoms with Crippen molar-refractivity contribution in [3.63, 3.8) is 0 Å². The molecule has 1 saturated heterocycles. The van der Waals surface area contributed by atoms with Crippen LogP contribution >= 0.6 is 0 Å². The van der Waals surface area contributed by atoms with Crippen molar-refractivity contribution in [2.45, 2.75) is 12.8 Å². The molecule has 1 N–H and O–H groups in total. The van der Waals surface area contributed by atoms with Gasteiger partial charge in [-0.3, -0.25) is 4.79 Å². The lowest BCUT2D eigenvalue weighted by Crippen LogP contribution is -2.19. The first-order chi connectivity index (χ1) is 11.7. The van der Waals surface area contributed by atoms with Crippen LogP contribution in [0.5, 0.6) is 11.5 Å². The molecule has 1 aliphatic heterocycles. The molecule has 5 heteroatoms. The molecule has 1 aliphatic rings. The van der Waals surface area contributed by atoms with E-state index in [1.54, 1.807) is 32.4 Å². The van der Waals surface area contributed by atoms with Crippen molar-refractivity contribution in [3.8, 4) is 11.5 Å². The fourth-order valence-electron chi connectivity index (χ4n) is 2.94. The zero-order valence-electron chi connectivity index (χ0n) is 14.0. The lowest BCUT2D eigenvalue weighted by molar-refractivity contribution is 0.102. The molecule has 3 rings (SSSR count). The number of hydrogen-bond donors (Lipinski definition) is 1. The molecule has 1 amide bonds. The van der Waals surface area contributed by atoms with E-state index in [0.29, 0.717) is 22.7 Å². The topological polar surface area (TPSA) is 50.8 Å². The van der Waals surface area contributed by atoms with Crippen molar-refractivity contribution in [1.29, 1.82) is 0 Å². The molecule has 0 aromatic heterocycles. The van der Waals surface area contributed by atoms with Crippen LogP contribution < -0.4 is 19.7 Å². The van der Waals surface area contributed by atoms with Crippen LogP contribution in [0.25, 0.3) is 0 Å². The van der Waals surface area contributed by atoms with Gasteiger partial charge in [0, 0.05) is 36.1 Å². The third kappa shape index (κ3) is 3.45. The van der Waals surface area contributed by atoms with Gasteiger partial charge in [0.1, 0.15) is 0 Å². The van der Waals surface area contributed by atoms with Crippen LogP contribution in [0.1, 0.15) is 23.2 Å². The molecule has 0 unspecified atom stereocenters. The van der Waals surface area contributed by atoms with E-state index >= 15 is 0 Å². The number of nitrogens with zero attached hydrogens (tertiary/aromatic N) is 1. The van der Waals surface area contributed by atoms with Gasteiger partial charge in [-0.2, -0.15) is 0 Å². The number of carbonyl (C=O) groups excluding carboxylic acids is 1. The van der Waals surface area contributed by atoms with Gasteiger partial charge in [0.05, 0.1) is 14.2 Å². The monoisotopic (exact) mass is 326 g/mol. The number of rotatable bonds is 5. The largest absolute Gasteiger partial charge is 0.493 e. The van der Waals surface area contributed by atoms with E-state index in [0.717, 1.165) is 18.8 Å². The summed E-state index contributed by atoms with van der Waals surface area (Å²) in [5.74, 6) is 1.08. The molecule has 1 fully saturated rings. The lowest BCUT2D eigenvalue weighted by Gasteiger charge is -2.18. The van der Waals surface area contributed by atoms with Gasteiger partial charge in [-0.25, -0.2) is 0 Å². The Bertz CT molecular complexity index is 724. The summed E-state index contributed by atoms with van der Waals surface area (Å²) < 4.78 is 10.5. The van der Waals surface area contributed by atoms with E-state index in [1.165, 1.54) is 12.8 Å². The first-order valence-electron chi connectivity index (χ1n) is 8.09. The Morgan fingerprint density at radius 1 is 1.00 bits per heavy atom. The van der Waals surface area contributed by atoms with E-state index < -0.39 is 0 Å². The number of ether oxygens (including phenoxy) is 2. The molecule has 0 saturated carbocycles. The summed E-state index contributed by atoms with van der Waals surface area (Å²) in [4.78, 5) is 14.8. The van der Waals surface area contributed by atoms with Crippen molar-refractivity contribution in [3.05, 3.63) is 48.0 Å². The number of anilines is 2. The number of carbonyl (C=O) groups is 1. The van der Waals surface area contributed by atoms with E-state index in [1.807, 2.05) is 18.2 Å². The summed E-state index contributed by atoms with van der Waals surface area (Å²) in [5, 5.41) is 2.91. The standard InChI is InChI=1S/C19H22N2O3/c1-23-17-9-8-15(13-18(17)24-2)20-19(22)14-6-5-7-16(12-14)21-10-3-4-11-21/h5-9,12-13H,3-4,10-11H2,1-2H3,(H,20,22). The van der Waals surface area contributed by atoms with E-state index in [4.69, 9.17) is 9.47 Å². The second-order valence-electron chi connectivity index (χ2n) is 5.77. The maximum atomic E-state index is 12.5. The van der Waals surface area contributed by atoms with Gasteiger partial charge in [0.15, 0.2) is 11.5 Å². The zero-order chi connectivity index (χ0) is 16.9. The summed E-state index contributed by atoms with van der Waals surface area (Å²) in [6, 6.07) is 13.1. The zero-order valence-corrected chi connectivity index (χ0v) is 14.0. The third-order valence-corrected chi connectivity index (χ3v) is 4.22. The van der Waals surface area contributed by atoms with Crippen molar-refractivity contribution in [2.75, 3.05) is 37.5 Å². The van der Waals surface area contributed by atoms with Crippen molar-refractivity contribution in [2.24, 2.45) is 0 Å². The van der Waals surface area contributed by atoms with E-state index in [-0.39, 0.29) is 5.91 Å². The van der Waals surface area contributed by atoms with Crippen LogP contribution in [0, 0.1) is 0 Å². The predicted molar refractivity (Wildman–Crippen MR) is 95.4 cm³/mol. The number of amides is 1.